The average molecular weight is 652 g/mol. The number of rotatable bonds is 8. The minimum absolute atomic E-state index is 0.344. The van der Waals surface area contributed by atoms with Gasteiger partial charge in [-0.1, -0.05) is 62.1 Å². The van der Waals surface area contributed by atoms with Crippen LogP contribution in [0.4, 0.5) is 0 Å². The van der Waals surface area contributed by atoms with E-state index in [9.17, 15) is 0 Å². The number of hydrogen-bond donors (Lipinski definition) is 0. The highest BCUT2D eigenvalue weighted by atomic mass is 127. The first kappa shape index (κ1) is 27.4. The summed E-state index contributed by atoms with van der Waals surface area (Å²) in [5, 5.41) is 8.96. The average Bonchev–Trinajstić information content (AvgIpc) is 3.67. The summed E-state index contributed by atoms with van der Waals surface area (Å²) in [6.45, 7) is 8.29. The molecule has 0 aromatic carbocycles. The minimum Gasteiger partial charge on any atom is -0.143 e. The molecule has 0 amide bonds. The third-order valence-electron chi connectivity index (χ3n) is 6.95. The summed E-state index contributed by atoms with van der Waals surface area (Å²) >= 11 is 9.96. The first-order chi connectivity index (χ1) is 17.2. The Labute approximate surface area is 242 Å². The second kappa shape index (κ2) is 13.3. The molecule has 0 radical (unpaired) electrons. The van der Waals surface area contributed by atoms with E-state index in [4.69, 9.17) is 0 Å². The predicted octanol–water partition coefficient (Wildman–Crippen LogP) is 11.9. The number of unbranched alkanes of at least 4 members (excludes halogenated alkanes) is 3. The van der Waals surface area contributed by atoms with Crippen LogP contribution in [0.25, 0.3) is 19.5 Å². The van der Waals surface area contributed by atoms with E-state index in [0.717, 1.165) is 12.8 Å². The number of alkyl halides is 1. The number of halogens is 1. The normalized spacial score (nSPS) is 13.7. The summed E-state index contributed by atoms with van der Waals surface area (Å²) < 4.78 is 1.25. The van der Waals surface area contributed by atoms with E-state index >= 15 is 0 Å². The standard InChI is InChI=1S/C17H22S2.C9H6S2.C4H8I/c1-3-5-9-17(10-6-4-2)13-7-11-18-15(13)16-14(17)8-12-19-16;1-3-10-8-6(1)5-7-2-4-11-9(7)8;1-2-3-4-5/h7-8,11-12H,3-6,9-10H2,1-2H3;1-4H,5H2;1-4H2/q;;+1. The van der Waals surface area contributed by atoms with Crippen molar-refractivity contribution in [1.29, 1.82) is 0 Å². The quantitative estimate of drug-likeness (QED) is 0.0890. The lowest BCUT2D eigenvalue weighted by atomic mass is 9.72. The number of fused-ring (bicyclic) bond motifs is 6. The van der Waals surface area contributed by atoms with Crippen LogP contribution in [0.5, 0.6) is 0 Å². The van der Waals surface area contributed by atoms with Gasteiger partial charge in [0.05, 0.1) is 13.3 Å². The van der Waals surface area contributed by atoms with Crippen molar-refractivity contribution in [2.45, 2.75) is 77.0 Å². The van der Waals surface area contributed by atoms with Crippen LogP contribution >= 0.6 is 67.9 Å². The number of hydrogen-bond acceptors (Lipinski definition) is 4. The van der Waals surface area contributed by atoms with E-state index in [0.29, 0.717) is 5.41 Å². The van der Waals surface area contributed by atoms with Crippen molar-refractivity contribution in [3.8, 4) is 19.5 Å². The van der Waals surface area contributed by atoms with Crippen LogP contribution in [0, 0.1) is 6.92 Å². The lowest BCUT2D eigenvalue weighted by Crippen LogP contribution is -2.24. The third kappa shape index (κ3) is 5.79. The topological polar surface area (TPSA) is 0 Å². The van der Waals surface area contributed by atoms with Crippen molar-refractivity contribution in [3.05, 3.63) is 75.0 Å². The monoisotopic (exact) mass is 651 g/mol. The summed E-state index contributed by atoms with van der Waals surface area (Å²) in [6, 6.07) is 9.29. The molecule has 35 heavy (non-hydrogen) atoms. The fourth-order valence-electron chi connectivity index (χ4n) is 5.14. The van der Waals surface area contributed by atoms with E-state index in [1.54, 1.807) is 20.9 Å². The maximum absolute atomic E-state index is 3.67. The Kier molecular flexibility index (Phi) is 10.4. The molecule has 4 heterocycles. The summed E-state index contributed by atoms with van der Waals surface area (Å²) in [5.74, 6) is 0. The van der Waals surface area contributed by atoms with Crippen molar-refractivity contribution in [3.63, 3.8) is 0 Å². The van der Waals surface area contributed by atoms with Gasteiger partial charge in [0, 0.05) is 35.8 Å². The van der Waals surface area contributed by atoms with Gasteiger partial charge in [0.1, 0.15) is 0 Å². The molecule has 186 valence electrons. The van der Waals surface area contributed by atoms with E-state index in [1.165, 1.54) is 70.3 Å². The summed E-state index contributed by atoms with van der Waals surface area (Å²) in [6.07, 6.45) is 11.5. The first-order valence-corrected chi connectivity index (χ1v) is 17.9. The predicted molar refractivity (Wildman–Crippen MR) is 171 cm³/mol. The molecular weight excluding hydrogens is 616 g/mol. The Hall–Kier alpha value is -0.600. The fourth-order valence-corrected chi connectivity index (χ4v) is 9.95. The Morgan fingerprint density at radius 1 is 0.714 bits per heavy atom. The minimum atomic E-state index is 0.344. The molecule has 6 rings (SSSR count). The largest absolute Gasteiger partial charge is 0.143 e. The molecule has 5 heteroatoms. The van der Waals surface area contributed by atoms with Gasteiger partial charge in [0.2, 0.25) is 0 Å². The van der Waals surface area contributed by atoms with Gasteiger partial charge in [0.25, 0.3) is 0 Å². The maximum atomic E-state index is 3.67. The van der Waals surface area contributed by atoms with Crippen LogP contribution in [0.2, 0.25) is 0 Å². The van der Waals surface area contributed by atoms with Crippen LogP contribution in [0.1, 0.15) is 87.5 Å². The smallest absolute Gasteiger partial charge is 0.0858 e. The van der Waals surface area contributed by atoms with Crippen molar-refractivity contribution in [2.24, 2.45) is 0 Å². The molecular formula is C30H36IS4+. The molecule has 0 nitrogen and oxygen atoms in total. The Morgan fingerprint density at radius 2 is 1.17 bits per heavy atom. The van der Waals surface area contributed by atoms with Gasteiger partial charge in [-0.25, -0.2) is 0 Å². The van der Waals surface area contributed by atoms with E-state index in [-0.39, 0.29) is 0 Å². The van der Waals surface area contributed by atoms with Crippen LogP contribution < -0.4 is 0 Å². The summed E-state index contributed by atoms with van der Waals surface area (Å²) in [5.41, 5.74) is 6.67. The third-order valence-corrected chi connectivity index (χ3v) is 11.8. The van der Waals surface area contributed by atoms with Crippen molar-refractivity contribution in [1.82, 2.24) is 0 Å². The highest BCUT2D eigenvalue weighted by Gasteiger charge is 2.43. The van der Waals surface area contributed by atoms with Crippen LogP contribution in [0.3, 0.4) is 0 Å². The number of thiophene rings is 4. The molecule has 4 aromatic rings. The van der Waals surface area contributed by atoms with Gasteiger partial charge < -0.3 is 0 Å². The molecule has 4 aromatic heterocycles. The second-order valence-corrected chi connectivity index (χ2v) is 14.0. The van der Waals surface area contributed by atoms with Crippen molar-refractivity contribution >= 4 is 67.9 Å². The van der Waals surface area contributed by atoms with Gasteiger partial charge in [-0.05, 0) is 87.3 Å². The molecule has 0 bridgehead atoms. The zero-order valence-corrected chi connectivity index (χ0v) is 26.3. The van der Waals surface area contributed by atoms with Crippen LogP contribution in [-0.2, 0) is 11.8 Å². The molecule has 2 aliphatic carbocycles. The van der Waals surface area contributed by atoms with Gasteiger partial charge in [-0.15, -0.1) is 45.3 Å². The molecule has 0 unspecified atom stereocenters. The Bertz CT molecular complexity index is 1080. The summed E-state index contributed by atoms with van der Waals surface area (Å²) in [7, 11) is 0. The lowest BCUT2D eigenvalue weighted by Gasteiger charge is -2.31. The zero-order chi connectivity index (χ0) is 24.7. The van der Waals surface area contributed by atoms with Gasteiger partial charge in [-0.3, -0.25) is 0 Å². The van der Waals surface area contributed by atoms with Crippen LogP contribution in [0.15, 0.2) is 45.8 Å². The fraction of sp³-hybridized carbons (Fsp3) is 0.433. The second-order valence-electron chi connectivity index (χ2n) is 9.24. The first-order valence-electron chi connectivity index (χ1n) is 12.8. The SMILES string of the molecule is CCCCC1(CCCC)c2ccsc2-c2sccc21.[CH2+]CCCI.c1cc2c(s1)-c1sccc1C2. The Balaban J connectivity index is 0.000000151. The molecule has 0 N–H and O–H groups in total. The molecule has 0 aliphatic heterocycles. The van der Waals surface area contributed by atoms with Gasteiger partial charge in [-0.2, -0.15) is 0 Å². The molecule has 0 fully saturated rings. The van der Waals surface area contributed by atoms with Crippen molar-refractivity contribution in [2.75, 3.05) is 4.43 Å². The van der Waals surface area contributed by atoms with E-state index < -0.39 is 0 Å². The van der Waals surface area contributed by atoms with Gasteiger partial charge >= 0.3 is 0 Å². The molecule has 0 atom stereocenters. The van der Waals surface area contributed by atoms with E-state index in [1.807, 2.05) is 45.3 Å². The van der Waals surface area contributed by atoms with E-state index in [2.05, 4.69) is 89.1 Å². The maximum Gasteiger partial charge on any atom is 0.0858 e. The molecule has 2 aliphatic rings. The zero-order valence-electron chi connectivity index (χ0n) is 20.9. The Morgan fingerprint density at radius 3 is 1.57 bits per heavy atom. The van der Waals surface area contributed by atoms with Crippen molar-refractivity contribution < 1.29 is 0 Å². The van der Waals surface area contributed by atoms with Gasteiger partial charge in [0.15, 0.2) is 0 Å². The molecule has 0 spiro atoms. The molecule has 0 saturated carbocycles. The van der Waals surface area contributed by atoms with Crippen LogP contribution in [-0.4, -0.2) is 4.43 Å². The highest BCUT2D eigenvalue weighted by molar-refractivity contribution is 14.1. The molecule has 0 saturated heterocycles. The summed E-state index contributed by atoms with van der Waals surface area (Å²) in [4.78, 5) is 6.15. The highest BCUT2D eigenvalue weighted by Crippen LogP contribution is 2.57. The lowest BCUT2D eigenvalue weighted by molar-refractivity contribution is 0.415.